The number of hydrogen-bond acceptors (Lipinski definition) is 2. The van der Waals surface area contributed by atoms with Crippen LogP contribution in [0, 0.1) is 5.82 Å². The van der Waals surface area contributed by atoms with E-state index in [2.05, 4.69) is 10.3 Å². The first-order valence-corrected chi connectivity index (χ1v) is 6.80. The van der Waals surface area contributed by atoms with E-state index in [-0.39, 0.29) is 11.9 Å². The molecule has 0 spiro atoms. The molecule has 0 aliphatic rings. The molecule has 1 N–H and O–H groups in total. The number of benzene rings is 2. The quantitative estimate of drug-likeness (QED) is 0.764. The van der Waals surface area contributed by atoms with Gasteiger partial charge in [-0.2, -0.15) is 0 Å². The van der Waals surface area contributed by atoms with E-state index in [0.29, 0.717) is 5.69 Å². The Balaban J connectivity index is 1.99. The maximum Gasteiger partial charge on any atom is 0.149 e. The Kier molecular flexibility index (Phi) is 3.92. The van der Waals surface area contributed by atoms with Gasteiger partial charge in [-0.05, 0) is 17.2 Å². The van der Waals surface area contributed by atoms with Crippen LogP contribution in [0.3, 0.4) is 0 Å². The van der Waals surface area contributed by atoms with Crippen LogP contribution in [0.1, 0.15) is 17.2 Å². The molecule has 0 aliphatic carbocycles. The molecule has 1 heterocycles. The van der Waals surface area contributed by atoms with Crippen LogP contribution >= 0.6 is 0 Å². The molecular weight excluding hydrogens is 263 g/mol. The van der Waals surface area contributed by atoms with Gasteiger partial charge in [-0.15, -0.1) is 0 Å². The van der Waals surface area contributed by atoms with Crippen LogP contribution in [0.25, 0.3) is 0 Å². The van der Waals surface area contributed by atoms with E-state index in [1.165, 1.54) is 18.5 Å². The molecule has 0 atom stereocenters. The molecule has 1 aromatic heterocycles. The molecule has 0 saturated heterocycles. The molecule has 2 aromatic carbocycles. The predicted octanol–water partition coefficient (Wildman–Crippen LogP) is 4.42. The van der Waals surface area contributed by atoms with Crippen molar-refractivity contribution in [1.29, 1.82) is 0 Å². The Morgan fingerprint density at radius 1 is 0.810 bits per heavy atom. The van der Waals surface area contributed by atoms with Crippen molar-refractivity contribution in [3.05, 3.63) is 96.1 Å². The van der Waals surface area contributed by atoms with Crippen LogP contribution in [-0.2, 0) is 0 Å². The van der Waals surface area contributed by atoms with Gasteiger partial charge in [-0.25, -0.2) is 4.39 Å². The maximum absolute atomic E-state index is 13.9. The number of nitrogens with zero attached hydrogens (tertiary/aromatic N) is 1. The summed E-state index contributed by atoms with van der Waals surface area (Å²) < 4.78 is 13.9. The number of halogens is 1. The summed E-state index contributed by atoms with van der Waals surface area (Å²) in [6, 6.07) is 21.2. The van der Waals surface area contributed by atoms with Gasteiger partial charge in [0.15, 0.2) is 0 Å². The fraction of sp³-hybridized carbons (Fsp3) is 0.0556. The molecule has 21 heavy (non-hydrogen) atoms. The van der Waals surface area contributed by atoms with Crippen molar-refractivity contribution >= 4 is 5.69 Å². The van der Waals surface area contributed by atoms with Crippen molar-refractivity contribution < 1.29 is 4.39 Å². The molecule has 3 aromatic rings. The standard InChI is InChI=1S/C18H15FN2/c19-16-11-12-20-13-17(16)21-18(14-7-3-1-4-8-14)15-9-5-2-6-10-15/h1-13,18,21H. The van der Waals surface area contributed by atoms with Gasteiger partial charge >= 0.3 is 0 Å². The monoisotopic (exact) mass is 278 g/mol. The third-order valence-electron chi connectivity index (χ3n) is 3.33. The minimum atomic E-state index is -0.304. The Morgan fingerprint density at radius 3 is 1.90 bits per heavy atom. The summed E-state index contributed by atoms with van der Waals surface area (Å²) in [5.41, 5.74) is 2.55. The van der Waals surface area contributed by atoms with Crippen LogP contribution < -0.4 is 5.32 Å². The van der Waals surface area contributed by atoms with Crippen molar-refractivity contribution in [2.24, 2.45) is 0 Å². The van der Waals surface area contributed by atoms with E-state index in [0.717, 1.165) is 11.1 Å². The summed E-state index contributed by atoms with van der Waals surface area (Å²) >= 11 is 0. The largest absolute Gasteiger partial charge is 0.371 e. The lowest BCUT2D eigenvalue weighted by atomic mass is 9.98. The van der Waals surface area contributed by atoms with Crippen LogP contribution in [0.15, 0.2) is 79.1 Å². The first kappa shape index (κ1) is 13.3. The molecule has 0 bridgehead atoms. The highest BCUT2D eigenvalue weighted by atomic mass is 19.1. The SMILES string of the molecule is Fc1ccncc1NC(c1ccccc1)c1ccccc1. The van der Waals surface area contributed by atoms with E-state index >= 15 is 0 Å². The minimum absolute atomic E-state index is 0.119. The smallest absolute Gasteiger partial charge is 0.149 e. The van der Waals surface area contributed by atoms with E-state index in [1.807, 2.05) is 60.7 Å². The number of anilines is 1. The number of aromatic nitrogens is 1. The van der Waals surface area contributed by atoms with Crippen molar-refractivity contribution in [2.75, 3.05) is 5.32 Å². The Morgan fingerprint density at radius 2 is 1.38 bits per heavy atom. The molecule has 0 radical (unpaired) electrons. The lowest BCUT2D eigenvalue weighted by Gasteiger charge is -2.21. The molecular formula is C18H15FN2. The fourth-order valence-electron chi connectivity index (χ4n) is 2.29. The predicted molar refractivity (Wildman–Crippen MR) is 82.5 cm³/mol. The second-order valence-electron chi connectivity index (χ2n) is 4.75. The lowest BCUT2D eigenvalue weighted by Crippen LogP contribution is -2.13. The summed E-state index contributed by atoms with van der Waals surface area (Å²) in [6.45, 7) is 0. The van der Waals surface area contributed by atoms with E-state index in [4.69, 9.17) is 0 Å². The van der Waals surface area contributed by atoms with E-state index in [1.54, 1.807) is 0 Å². The molecule has 0 unspecified atom stereocenters. The second kappa shape index (κ2) is 6.18. The second-order valence-corrected chi connectivity index (χ2v) is 4.75. The van der Waals surface area contributed by atoms with Crippen molar-refractivity contribution in [3.8, 4) is 0 Å². The van der Waals surface area contributed by atoms with Gasteiger partial charge in [0, 0.05) is 6.20 Å². The van der Waals surface area contributed by atoms with Gasteiger partial charge in [0.05, 0.1) is 17.9 Å². The number of nitrogens with one attached hydrogen (secondary N) is 1. The van der Waals surface area contributed by atoms with Gasteiger partial charge in [-0.1, -0.05) is 60.7 Å². The average Bonchev–Trinajstić information content (AvgIpc) is 2.56. The van der Waals surface area contributed by atoms with Gasteiger partial charge in [0.1, 0.15) is 5.82 Å². The van der Waals surface area contributed by atoms with Crippen molar-refractivity contribution in [1.82, 2.24) is 4.98 Å². The van der Waals surface area contributed by atoms with Gasteiger partial charge in [0.25, 0.3) is 0 Å². The maximum atomic E-state index is 13.9. The first-order chi connectivity index (χ1) is 10.3. The third kappa shape index (κ3) is 3.08. The average molecular weight is 278 g/mol. The molecule has 2 nitrogen and oxygen atoms in total. The third-order valence-corrected chi connectivity index (χ3v) is 3.33. The van der Waals surface area contributed by atoms with Crippen LogP contribution in [0.4, 0.5) is 10.1 Å². The zero-order chi connectivity index (χ0) is 14.5. The van der Waals surface area contributed by atoms with Crippen LogP contribution in [0.2, 0.25) is 0 Å². The first-order valence-electron chi connectivity index (χ1n) is 6.80. The highest BCUT2D eigenvalue weighted by molar-refractivity contribution is 5.48. The summed E-state index contributed by atoms with van der Waals surface area (Å²) in [4.78, 5) is 3.98. The Bertz CT molecular complexity index is 659. The Hall–Kier alpha value is -2.68. The summed E-state index contributed by atoms with van der Waals surface area (Å²) in [5.74, 6) is -0.304. The molecule has 104 valence electrons. The summed E-state index contributed by atoms with van der Waals surface area (Å²) in [7, 11) is 0. The normalized spacial score (nSPS) is 10.6. The molecule has 0 aliphatic heterocycles. The van der Waals surface area contributed by atoms with E-state index in [9.17, 15) is 4.39 Å². The Labute approximate surface area is 123 Å². The van der Waals surface area contributed by atoms with Crippen molar-refractivity contribution in [3.63, 3.8) is 0 Å². The molecule has 0 amide bonds. The zero-order valence-electron chi connectivity index (χ0n) is 11.4. The molecule has 3 heteroatoms. The van der Waals surface area contributed by atoms with Crippen LogP contribution in [0.5, 0.6) is 0 Å². The molecule has 0 fully saturated rings. The fourth-order valence-corrected chi connectivity index (χ4v) is 2.29. The number of pyridine rings is 1. The summed E-state index contributed by atoms with van der Waals surface area (Å²) in [5, 5.41) is 3.24. The zero-order valence-corrected chi connectivity index (χ0v) is 11.4. The summed E-state index contributed by atoms with van der Waals surface area (Å²) in [6.07, 6.45) is 2.95. The highest BCUT2D eigenvalue weighted by Crippen LogP contribution is 2.27. The highest BCUT2D eigenvalue weighted by Gasteiger charge is 2.15. The van der Waals surface area contributed by atoms with Crippen LogP contribution in [-0.4, -0.2) is 4.98 Å². The van der Waals surface area contributed by atoms with Gasteiger partial charge < -0.3 is 5.32 Å². The number of rotatable bonds is 4. The molecule has 0 saturated carbocycles. The lowest BCUT2D eigenvalue weighted by molar-refractivity contribution is 0.626. The topological polar surface area (TPSA) is 24.9 Å². The van der Waals surface area contributed by atoms with E-state index < -0.39 is 0 Å². The van der Waals surface area contributed by atoms with Crippen molar-refractivity contribution in [2.45, 2.75) is 6.04 Å². The van der Waals surface area contributed by atoms with Gasteiger partial charge in [-0.3, -0.25) is 4.98 Å². The number of hydrogen-bond donors (Lipinski definition) is 1. The minimum Gasteiger partial charge on any atom is -0.371 e. The molecule has 3 rings (SSSR count). The van der Waals surface area contributed by atoms with Gasteiger partial charge in [0.2, 0.25) is 0 Å².